The summed E-state index contributed by atoms with van der Waals surface area (Å²) in [6.45, 7) is 0. The van der Waals surface area contributed by atoms with Gasteiger partial charge in [-0.2, -0.15) is 5.10 Å². The lowest BCUT2D eigenvalue weighted by Gasteiger charge is -2.11. The molecule has 1 heterocycles. The first-order chi connectivity index (χ1) is 19.0. The van der Waals surface area contributed by atoms with E-state index >= 15 is 0 Å². The molecule has 4 aromatic rings. The molecule has 0 fully saturated rings. The van der Waals surface area contributed by atoms with Crippen LogP contribution >= 0.6 is 11.8 Å². The lowest BCUT2D eigenvalue weighted by Crippen LogP contribution is -2.20. The van der Waals surface area contributed by atoms with Gasteiger partial charge in [0.25, 0.3) is 5.91 Å². The highest BCUT2D eigenvalue weighted by atomic mass is 32.2. The van der Waals surface area contributed by atoms with Gasteiger partial charge in [-0.25, -0.2) is 5.43 Å². The summed E-state index contributed by atoms with van der Waals surface area (Å²) in [5.41, 5.74) is 4.70. The third-order valence-electron chi connectivity index (χ3n) is 5.55. The van der Waals surface area contributed by atoms with Crippen LogP contribution in [-0.4, -0.2) is 66.2 Å². The largest absolute Gasteiger partial charge is 0.502 e. The number of phenols is 1. The van der Waals surface area contributed by atoms with Gasteiger partial charge in [0.1, 0.15) is 11.5 Å². The number of phenolic OH excluding ortho intramolecular Hbond substituents is 1. The number of hydrogen-bond donors (Lipinski definition) is 2. The molecule has 0 saturated carbocycles. The van der Waals surface area contributed by atoms with Gasteiger partial charge in [-0.3, -0.25) is 9.36 Å². The highest BCUT2D eigenvalue weighted by molar-refractivity contribution is 7.99. The minimum atomic E-state index is -0.343. The van der Waals surface area contributed by atoms with Crippen molar-refractivity contribution < 1.29 is 28.8 Å². The number of carbonyl (C=O) groups is 1. The Hall–Kier alpha value is -4.71. The summed E-state index contributed by atoms with van der Waals surface area (Å²) in [7, 11) is 6.07. The van der Waals surface area contributed by atoms with Crippen LogP contribution in [-0.2, 0) is 4.79 Å². The van der Waals surface area contributed by atoms with Crippen molar-refractivity contribution in [3.63, 3.8) is 0 Å². The molecule has 1 amide bonds. The highest BCUT2D eigenvalue weighted by Crippen LogP contribution is 2.36. The minimum absolute atomic E-state index is 0.0382. The van der Waals surface area contributed by atoms with Gasteiger partial charge in [0.2, 0.25) is 5.75 Å². The molecule has 39 heavy (non-hydrogen) atoms. The van der Waals surface area contributed by atoms with Crippen LogP contribution in [0.15, 0.2) is 70.9 Å². The predicted octanol–water partition coefficient (Wildman–Crippen LogP) is 3.92. The third kappa shape index (κ3) is 6.41. The molecule has 2 N–H and O–H groups in total. The van der Waals surface area contributed by atoms with E-state index in [-0.39, 0.29) is 28.9 Å². The Labute approximate surface area is 229 Å². The SMILES string of the molecule is COc1ccc(-c2nnc(SCC(=O)N/N=C\c3cc(OC)c(O)c(OC)c3)n2-c2ccc(OC)cc2)cc1. The van der Waals surface area contributed by atoms with E-state index in [2.05, 4.69) is 20.7 Å². The Balaban J connectivity index is 1.51. The van der Waals surface area contributed by atoms with Crippen molar-refractivity contribution in [2.45, 2.75) is 5.16 Å². The zero-order valence-corrected chi connectivity index (χ0v) is 22.6. The van der Waals surface area contributed by atoms with Crippen LogP contribution in [0.25, 0.3) is 17.1 Å². The van der Waals surface area contributed by atoms with Gasteiger partial charge in [0, 0.05) is 16.8 Å². The summed E-state index contributed by atoms with van der Waals surface area (Å²) in [5.74, 6) is 2.08. The molecule has 0 unspecified atom stereocenters. The zero-order valence-electron chi connectivity index (χ0n) is 21.7. The van der Waals surface area contributed by atoms with Crippen LogP contribution in [0.2, 0.25) is 0 Å². The normalized spacial score (nSPS) is 10.9. The van der Waals surface area contributed by atoms with Crippen LogP contribution in [0, 0.1) is 0 Å². The van der Waals surface area contributed by atoms with Crippen LogP contribution < -0.4 is 24.4 Å². The number of hydrazone groups is 1. The van der Waals surface area contributed by atoms with Crippen LogP contribution in [0.3, 0.4) is 0 Å². The summed E-state index contributed by atoms with van der Waals surface area (Å²) < 4.78 is 22.7. The quantitative estimate of drug-likeness (QED) is 0.162. The lowest BCUT2D eigenvalue weighted by molar-refractivity contribution is -0.118. The lowest BCUT2D eigenvalue weighted by atomic mass is 10.2. The third-order valence-corrected chi connectivity index (χ3v) is 6.48. The topological polar surface area (TPSA) is 129 Å². The number of benzene rings is 3. The van der Waals surface area contributed by atoms with Crippen LogP contribution in [0.1, 0.15) is 5.56 Å². The number of rotatable bonds is 11. The van der Waals surface area contributed by atoms with Crippen LogP contribution in [0.4, 0.5) is 0 Å². The van der Waals surface area contributed by atoms with E-state index < -0.39 is 0 Å². The Morgan fingerprint density at radius 3 is 2.08 bits per heavy atom. The number of carbonyl (C=O) groups excluding carboxylic acids is 1. The van der Waals surface area contributed by atoms with E-state index in [4.69, 9.17) is 18.9 Å². The Kier molecular flexibility index (Phi) is 8.90. The molecule has 3 aromatic carbocycles. The van der Waals surface area contributed by atoms with E-state index in [9.17, 15) is 9.90 Å². The predicted molar refractivity (Wildman–Crippen MR) is 148 cm³/mol. The molecule has 0 radical (unpaired) electrons. The fourth-order valence-electron chi connectivity index (χ4n) is 3.58. The zero-order chi connectivity index (χ0) is 27.8. The van der Waals surface area contributed by atoms with E-state index in [0.29, 0.717) is 22.3 Å². The molecule has 4 rings (SSSR count). The second-order valence-corrected chi connectivity index (χ2v) is 8.87. The molecule has 11 nitrogen and oxygen atoms in total. The summed E-state index contributed by atoms with van der Waals surface area (Å²) in [6, 6.07) is 18.1. The molecular weight excluding hydrogens is 522 g/mol. The molecule has 0 bridgehead atoms. The van der Waals surface area contributed by atoms with Gasteiger partial charge < -0.3 is 24.1 Å². The average Bonchev–Trinajstić information content (AvgIpc) is 3.40. The number of methoxy groups -OCH3 is 4. The monoisotopic (exact) mass is 549 g/mol. The number of nitrogens with one attached hydrogen (secondary N) is 1. The minimum Gasteiger partial charge on any atom is -0.502 e. The maximum Gasteiger partial charge on any atom is 0.250 e. The van der Waals surface area contributed by atoms with Crippen molar-refractivity contribution in [2.75, 3.05) is 34.2 Å². The second-order valence-electron chi connectivity index (χ2n) is 7.92. The highest BCUT2D eigenvalue weighted by Gasteiger charge is 2.18. The maximum absolute atomic E-state index is 12.6. The summed E-state index contributed by atoms with van der Waals surface area (Å²) in [5, 5.41) is 23.3. The number of nitrogens with zero attached hydrogens (tertiary/aromatic N) is 4. The second kappa shape index (κ2) is 12.7. The fraction of sp³-hybridized carbons (Fsp3) is 0.185. The first-order valence-corrected chi connectivity index (χ1v) is 12.6. The Morgan fingerprint density at radius 1 is 0.923 bits per heavy atom. The molecule has 1 aromatic heterocycles. The van der Waals surface area contributed by atoms with Gasteiger partial charge >= 0.3 is 0 Å². The number of hydrogen-bond acceptors (Lipinski definition) is 10. The molecule has 0 spiro atoms. The average molecular weight is 550 g/mol. The summed E-state index contributed by atoms with van der Waals surface area (Å²) in [4.78, 5) is 12.6. The molecule has 0 atom stereocenters. The van der Waals surface area contributed by atoms with Gasteiger partial charge in [-0.15, -0.1) is 10.2 Å². The van der Waals surface area contributed by atoms with E-state index in [1.807, 2.05) is 53.1 Å². The van der Waals surface area contributed by atoms with Crippen molar-refractivity contribution in [3.05, 3.63) is 66.2 Å². The van der Waals surface area contributed by atoms with E-state index in [1.165, 1.54) is 32.2 Å². The summed E-state index contributed by atoms with van der Waals surface area (Å²) in [6.07, 6.45) is 1.43. The van der Waals surface area contributed by atoms with Crippen molar-refractivity contribution in [1.29, 1.82) is 0 Å². The number of amides is 1. The van der Waals surface area contributed by atoms with E-state index in [0.717, 1.165) is 17.0 Å². The smallest absolute Gasteiger partial charge is 0.250 e. The molecular formula is C27H27N5O6S. The van der Waals surface area contributed by atoms with Gasteiger partial charge in [0.05, 0.1) is 40.4 Å². The van der Waals surface area contributed by atoms with Crippen molar-refractivity contribution in [2.24, 2.45) is 5.10 Å². The van der Waals surface area contributed by atoms with Crippen molar-refractivity contribution in [1.82, 2.24) is 20.2 Å². The molecule has 0 saturated heterocycles. The van der Waals surface area contributed by atoms with E-state index in [1.54, 1.807) is 26.4 Å². The number of aromatic nitrogens is 3. The first kappa shape index (κ1) is 27.3. The Morgan fingerprint density at radius 2 is 1.51 bits per heavy atom. The fourth-order valence-corrected chi connectivity index (χ4v) is 4.33. The van der Waals surface area contributed by atoms with Gasteiger partial charge in [0.15, 0.2) is 22.5 Å². The number of thioether (sulfide) groups is 1. The molecule has 202 valence electrons. The van der Waals surface area contributed by atoms with Crippen molar-refractivity contribution >= 4 is 23.9 Å². The van der Waals surface area contributed by atoms with Gasteiger partial charge in [-0.05, 0) is 60.7 Å². The molecule has 0 aliphatic heterocycles. The number of ether oxygens (including phenoxy) is 4. The van der Waals surface area contributed by atoms with Crippen molar-refractivity contribution in [3.8, 4) is 45.8 Å². The van der Waals surface area contributed by atoms with Crippen LogP contribution in [0.5, 0.6) is 28.7 Å². The standard InChI is InChI=1S/C27H27N5O6S/c1-35-20-9-5-18(6-10-20)26-30-31-27(32(26)19-7-11-21(36-2)12-8-19)39-16-24(33)29-28-15-17-13-22(37-3)25(34)23(14-17)38-4/h5-15,34H,16H2,1-4H3,(H,29,33)/b28-15-. The maximum atomic E-state index is 12.6. The Bertz CT molecular complexity index is 1430. The molecule has 0 aliphatic rings. The first-order valence-electron chi connectivity index (χ1n) is 11.6. The summed E-state index contributed by atoms with van der Waals surface area (Å²) >= 11 is 1.22. The molecule has 12 heteroatoms. The van der Waals surface area contributed by atoms with Gasteiger partial charge in [-0.1, -0.05) is 11.8 Å². The molecule has 0 aliphatic carbocycles. The number of aromatic hydroxyl groups is 1.